The Kier molecular flexibility index (Phi) is 7.73. The molecule has 1 saturated heterocycles. The molecule has 0 aromatic carbocycles. The number of hydrogen-bond donors (Lipinski definition) is 4. The van der Waals surface area contributed by atoms with Gasteiger partial charge in [-0.1, -0.05) is 0 Å². The third-order valence-corrected chi connectivity index (χ3v) is 6.26. The molecule has 1 fully saturated rings. The summed E-state index contributed by atoms with van der Waals surface area (Å²) in [6, 6.07) is 1.94. The molecule has 0 atom stereocenters. The molecule has 3 aromatic heterocycles. The predicted octanol–water partition coefficient (Wildman–Crippen LogP) is 3.46. The monoisotopic (exact) mass is 537 g/mol. The van der Waals surface area contributed by atoms with E-state index in [1.54, 1.807) is 10.9 Å². The topological polar surface area (TPSA) is 171 Å². The second-order valence-corrected chi connectivity index (χ2v) is 11.9. The van der Waals surface area contributed by atoms with Crippen LogP contribution in [0.1, 0.15) is 84.6 Å². The smallest absolute Gasteiger partial charge is 0.254 e. The van der Waals surface area contributed by atoms with Crippen LogP contribution in [0, 0.1) is 0 Å². The Balaban J connectivity index is 1.66. The number of rotatable bonds is 9. The summed E-state index contributed by atoms with van der Waals surface area (Å²) in [5.41, 5.74) is 6.93. The molecule has 0 aliphatic carbocycles. The van der Waals surface area contributed by atoms with E-state index >= 15 is 0 Å². The van der Waals surface area contributed by atoms with E-state index in [2.05, 4.69) is 74.1 Å². The van der Waals surface area contributed by atoms with E-state index in [9.17, 15) is 4.79 Å². The molecule has 0 bridgehead atoms. The van der Waals surface area contributed by atoms with Gasteiger partial charge in [-0.2, -0.15) is 4.98 Å². The lowest BCUT2D eigenvalue weighted by Crippen LogP contribution is -2.60. The largest absolute Gasteiger partial charge is 0.474 e. The maximum atomic E-state index is 12.2. The van der Waals surface area contributed by atoms with Gasteiger partial charge in [-0.3, -0.25) is 4.79 Å². The summed E-state index contributed by atoms with van der Waals surface area (Å²) < 4.78 is 7.65. The van der Waals surface area contributed by atoms with Gasteiger partial charge >= 0.3 is 0 Å². The fraction of sp³-hybridized carbons (Fsp3) is 0.577. The number of nitrogens with one attached hydrogen (secondary N) is 3. The summed E-state index contributed by atoms with van der Waals surface area (Å²) in [6.07, 6.45) is 4.65. The average molecular weight is 538 g/mol. The number of nitrogens with two attached hydrogens (primary N) is 1. The summed E-state index contributed by atoms with van der Waals surface area (Å²) in [7, 11) is 0. The van der Waals surface area contributed by atoms with Gasteiger partial charge in [-0.05, 0) is 84.7 Å². The number of amides is 1. The van der Waals surface area contributed by atoms with E-state index in [1.165, 1.54) is 6.20 Å². The molecule has 1 amide bonds. The first kappa shape index (κ1) is 28.1. The molecule has 0 spiro atoms. The highest BCUT2D eigenvalue weighted by Gasteiger charge is 2.38. The van der Waals surface area contributed by atoms with Crippen LogP contribution < -0.4 is 26.4 Å². The Morgan fingerprint density at radius 3 is 2.44 bits per heavy atom. The number of nitrogens with zero attached hydrogens (tertiary/aromatic N) is 7. The molecular weight excluding hydrogens is 498 g/mol. The summed E-state index contributed by atoms with van der Waals surface area (Å²) in [4.78, 5) is 25.7. The molecule has 5 N–H and O–H groups in total. The highest BCUT2D eigenvalue weighted by atomic mass is 16.5. The van der Waals surface area contributed by atoms with Crippen LogP contribution in [-0.2, 0) is 0 Å². The minimum atomic E-state index is -0.601. The Bertz CT molecular complexity index is 1320. The molecule has 1 aliphatic rings. The van der Waals surface area contributed by atoms with Crippen LogP contribution in [0.3, 0.4) is 0 Å². The van der Waals surface area contributed by atoms with Gasteiger partial charge in [-0.25, -0.2) is 14.6 Å². The van der Waals surface area contributed by atoms with Crippen molar-refractivity contribution in [3.05, 3.63) is 24.0 Å². The standard InChI is InChI=1S/C26H39N11O2/c1-14(2)37-22(33-35-36-37)18-9-16(12-28-23(18)39-15(3)4)31-24-29-13-19(20(27)38)21(32-24)30-17-10-25(5,6)34-26(7,8)11-17/h9,12-15,17,34H,10-11H2,1-8H3,(H2,27,38)(H2,29,30,31,32). The maximum absolute atomic E-state index is 12.2. The SMILES string of the molecule is CC(C)Oc1ncc(Nc2ncc(C(N)=O)c(NC3CC(C)(C)NC(C)(C)C3)n2)cc1-c1nnnn1C(C)C. The van der Waals surface area contributed by atoms with Gasteiger partial charge < -0.3 is 26.4 Å². The van der Waals surface area contributed by atoms with Crippen molar-refractivity contribution in [3.8, 4) is 17.3 Å². The number of aromatic nitrogens is 7. The van der Waals surface area contributed by atoms with Crippen LogP contribution >= 0.6 is 0 Å². The van der Waals surface area contributed by atoms with Gasteiger partial charge in [0.05, 0.1) is 35.2 Å². The molecule has 0 saturated carbocycles. The van der Waals surface area contributed by atoms with Crippen LogP contribution in [0.25, 0.3) is 11.4 Å². The number of tetrazole rings is 1. The highest BCUT2D eigenvalue weighted by Crippen LogP contribution is 2.33. The van der Waals surface area contributed by atoms with Gasteiger partial charge in [0, 0.05) is 23.3 Å². The number of pyridine rings is 1. The fourth-order valence-corrected chi connectivity index (χ4v) is 5.20. The Morgan fingerprint density at radius 2 is 1.82 bits per heavy atom. The van der Waals surface area contributed by atoms with Crippen molar-refractivity contribution in [1.29, 1.82) is 0 Å². The zero-order chi connectivity index (χ0) is 28.5. The zero-order valence-electron chi connectivity index (χ0n) is 23.9. The summed E-state index contributed by atoms with van der Waals surface area (Å²) in [5.74, 6) is 1.01. The first-order chi connectivity index (χ1) is 18.2. The summed E-state index contributed by atoms with van der Waals surface area (Å²) >= 11 is 0. The van der Waals surface area contributed by atoms with Crippen LogP contribution in [0.2, 0.25) is 0 Å². The number of piperidine rings is 1. The molecular formula is C26H39N11O2. The van der Waals surface area contributed by atoms with Crippen molar-refractivity contribution in [1.82, 2.24) is 40.5 Å². The minimum Gasteiger partial charge on any atom is -0.474 e. The van der Waals surface area contributed by atoms with E-state index in [-0.39, 0.29) is 40.8 Å². The Hall–Kier alpha value is -3.87. The second kappa shape index (κ2) is 10.7. The molecule has 1 aliphatic heterocycles. The van der Waals surface area contributed by atoms with Gasteiger partial charge in [0.2, 0.25) is 11.8 Å². The van der Waals surface area contributed by atoms with Crippen molar-refractivity contribution in [2.24, 2.45) is 5.73 Å². The van der Waals surface area contributed by atoms with Gasteiger partial charge in [-0.15, -0.1) is 5.10 Å². The number of carbonyl (C=O) groups is 1. The normalized spacial score (nSPS) is 16.9. The van der Waals surface area contributed by atoms with Gasteiger partial charge in [0.1, 0.15) is 5.82 Å². The molecule has 0 radical (unpaired) electrons. The first-order valence-electron chi connectivity index (χ1n) is 13.2. The molecule has 210 valence electrons. The van der Waals surface area contributed by atoms with Crippen molar-refractivity contribution in [2.45, 2.75) is 97.5 Å². The molecule has 3 aromatic rings. The van der Waals surface area contributed by atoms with E-state index in [4.69, 9.17) is 10.5 Å². The highest BCUT2D eigenvalue weighted by molar-refractivity contribution is 5.97. The lowest BCUT2D eigenvalue weighted by molar-refractivity contribution is 0.100. The molecule has 39 heavy (non-hydrogen) atoms. The van der Waals surface area contributed by atoms with E-state index < -0.39 is 5.91 Å². The number of ether oxygens (including phenoxy) is 1. The van der Waals surface area contributed by atoms with Crippen LogP contribution in [0.4, 0.5) is 17.5 Å². The Labute approximate surface area is 228 Å². The van der Waals surface area contributed by atoms with Crippen LogP contribution in [0.15, 0.2) is 18.5 Å². The van der Waals surface area contributed by atoms with E-state index in [0.29, 0.717) is 28.8 Å². The quantitative estimate of drug-likeness (QED) is 0.315. The van der Waals surface area contributed by atoms with Crippen molar-refractivity contribution in [3.63, 3.8) is 0 Å². The fourth-order valence-electron chi connectivity index (χ4n) is 5.20. The number of anilines is 3. The minimum absolute atomic E-state index is 0.0294. The molecule has 4 rings (SSSR count). The molecule has 13 heteroatoms. The molecule has 4 heterocycles. The second-order valence-electron chi connectivity index (χ2n) is 11.9. The van der Waals surface area contributed by atoms with Crippen molar-refractivity contribution < 1.29 is 9.53 Å². The van der Waals surface area contributed by atoms with Crippen molar-refractivity contribution >= 4 is 23.4 Å². The summed E-state index contributed by atoms with van der Waals surface area (Å²) in [5, 5.41) is 22.5. The van der Waals surface area contributed by atoms with Gasteiger partial charge in [0.25, 0.3) is 5.91 Å². The number of hydrogen-bond acceptors (Lipinski definition) is 11. The third kappa shape index (κ3) is 6.77. The maximum Gasteiger partial charge on any atom is 0.254 e. The predicted molar refractivity (Wildman–Crippen MR) is 149 cm³/mol. The van der Waals surface area contributed by atoms with E-state index in [1.807, 2.05) is 33.8 Å². The molecule has 0 unspecified atom stereocenters. The van der Waals surface area contributed by atoms with E-state index in [0.717, 1.165) is 12.8 Å². The summed E-state index contributed by atoms with van der Waals surface area (Å²) in [6.45, 7) is 16.5. The van der Waals surface area contributed by atoms with Crippen LogP contribution in [0.5, 0.6) is 5.88 Å². The number of primary amides is 1. The van der Waals surface area contributed by atoms with Crippen LogP contribution in [-0.4, -0.2) is 64.3 Å². The lowest BCUT2D eigenvalue weighted by atomic mass is 9.79. The third-order valence-electron chi connectivity index (χ3n) is 6.26. The zero-order valence-corrected chi connectivity index (χ0v) is 23.9. The Morgan fingerprint density at radius 1 is 1.13 bits per heavy atom. The molecule has 13 nitrogen and oxygen atoms in total. The average Bonchev–Trinajstić information content (AvgIpc) is 3.28. The van der Waals surface area contributed by atoms with Crippen molar-refractivity contribution in [2.75, 3.05) is 10.6 Å². The number of carbonyl (C=O) groups excluding carboxylic acids is 1. The lowest BCUT2D eigenvalue weighted by Gasteiger charge is -2.46. The first-order valence-corrected chi connectivity index (χ1v) is 13.2. The van der Waals surface area contributed by atoms with Gasteiger partial charge in [0.15, 0.2) is 5.82 Å².